The maximum atomic E-state index is 13.0. The maximum Gasteiger partial charge on any atom is 0.242 e. The highest BCUT2D eigenvalue weighted by Gasteiger charge is 2.24. The monoisotopic (exact) mass is 362 g/mol. The highest BCUT2D eigenvalue weighted by molar-refractivity contribution is 5.89. The van der Waals surface area contributed by atoms with Gasteiger partial charge in [-0.3, -0.25) is 4.79 Å². The van der Waals surface area contributed by atoms with E-state index in [0.29, 0.717) is 12.5 Å². The molecular weight excluding hydrogens is 336 g/mol. The fourth-order valence-electron chi connectivity index (χ4n) is 4.05. The second kappa shape index (κ2) is 7.97. The Labute approximate surface area is 160 Å². The first-order valence-corrected chi connectivity index (χ1v) is 9.66. The van der Waals surface area contributed by atoms with Crippen LogP contribution in [0.2, 0.25) is 0 Å². The second-order valence-electron chi connectivity index (χ2n) is 7.32. The zero-order chi connectivity index (χ0) is 18.6. The molecule has 1 amide bonds. The molecule has 0 radical (unpaired) electrons. The van der Waals surface area contributed by atoms with Crippen molar-refractivity contribution >= 4 is 16.8 Å². The molecule has 140 valence electrons. The first-order chi connectivity index (χ1) is 13.3. The molecule has 0 aliphatic carbocycles. The molecule has 1 aliphatic rings. The second-order valence-corrected chi connectivity index (χ2v) is 7.32. The molecule has 4 rings (SSSR count). The Kier molecular flexibility index (Phi) is 5.26. The summed E-state index contributed by atoms with van der Waals surface area (Å²) >= 11 is 0. The van der Waals surface area contributed by atoms with Gasteiger partial charge in [0.1, 0.15) is 6.54 Å². The highest BCUT2D eigenvalue weighted by Crippen LogP contribution is 2.28. The van der Waals surface area contributed by atoms with Crippen LogP contribution < -0.4 is 0 Å². The van der Waals surface area contributed by atoms with Crippen molar-refractivity contribution in [2.45, 2.75) is 19.4 Å². The van der Waals surface area contributed by atoms with Gasteiger partial charge in [0.2, 0.25) is 5.91 Å². The fraction of sp³-hybridized carbons (Fsp3) is 0.348. The molecule has 2 heterocycles. The van der Waals surface area contributed by atoms with Crippen LogP contribution in [0.3, 0.4) is 0 Å². The van der Waals surface area contributed by atoms with Gasteiger partial charge in [-0.15, -0.1) is 0 Å². The number of methoxy groups -OCH3 is 1. The summed E-state index contributed by atoms with van der Waals surface area (Å²) in [5, 5.41) is 1.17. The Hall–Kier alpha value is -2.59. The van der Waals surface area contributed by atoms with E-state index in [9.17, 15) is 4.79 Å². The summed E-state index contributed by atoms with van der Waals surface area (Å²) in [6.07, 6.45) is 2.05. The molecule has 2 aromatic carbocycles. The average molecular weight is 362 g/mol. The van der Waals surface area contributed by atoms with Crippen molar-refractivity contribution in [1.82, 2.24) is 9.47 Å². The highest BCUT2D eigenvalue weighted by atomic mass is 16.5. The van der Waals surface area contributed by atoms with Gasteiger partial charge in [-0.2, -0.15) is 0 Å². The normalized spacial score (nSPS) is 15.4. The van der Waals surface area contributed by atoms with E-state index in [1.54, 1.807) is 7.11 Å². The number of carbonyl (C=O) groups excluding carboxylic acids is 1. The molecule has 4 heteroatoms. The topological polar surface area (TPSA) is 34.5 Å². The summed E-state index contributed by atoms with van der Waals surface area (Å²) in [4.78, 5) is 15.0. The van der Waals surface area contributed by atoms with Crippen LogP contribution in [0.15, 0.2) is 60.7 Å². The maximum absolute atomic E-state index is 13.0. The van der Waals surface area contributed by atoms with Crippen molar-refractivity contribution in [1.29, 1.82) is 0 Å². The van der Waals surface area contributed by atoms with E-state index in [1.807, 2.05) is 35.2 Å². The fourth-order valence-corrected chi connectivity index (χ4v) is 4.05. The molecule has 0 atom stereocenters. The molecule has 1 saturated heterocycles. The minimum Gasteiger partial charge on any atom is -0.384 e. The Morgan fingerprint density at radius 1 is 1.04 bits per heavy atom. The summed E-state index contributed by atoms with van der Waals surface area (Å²) in [6.45, 7) is 2.83. The van der Waals surface area contributed by atoms with E-state index in [2.05, 4.69) is 34.9 Å². The third kappa shape index (κ3) is 3.76. The number of aromatic nitrogens is 1. The van der Waals surface area contributed by atoms with Crippen molar-refractivity contribution < 1.29 is 9.53 Å². The Bertz CT molecular complexity index is 909. The van der Waals surface area contributed by atoms with E-state index < -0.39 is 0 Å². The lowest BCUT2D eigenvalue weighted by Crippen LogP contribution is -2.41. The van der Waals surface area contributed by atoms with Crippen LogP contribution in [0, 0.1) is 5.92 Å². The van der Waals surface area contributed by atoms with Crippen molar-refractivity contribution in [3.8, 4) is 11.3 Å². The lowest BCUT2D eigenvalue weighted by atomic mass is 9.98. The van der Waals surface area contributed by atoms with Crippen LogP contribution in [0.5, 0.6) is 0 Å². The van der Waals surface area contributed by atoms with Gasteiger partial charge in [0.05, 0.1) is 0 Å². The van der Waals surface area contributed by atoms with Crippen molar-refractivity contribution in [3.63, 3.8) is 0 Å². The number of rotatable bonds is 5. The average Bonchev–Trinajstić information content (AvgIpc) is 3.08. The number of carbonyl (C=O) groups is 1. The number of para-hydroxylation sites is 1. The van der Waals surface area contributed by atoms with Crippen LogP contribution in [0.25, 0.3) is 22.2 Å². The van der Waals surface area contributed by atoms with Crippen molar-refractivity contribution in [2.75, 3.05) is 26.8 Å². The molecule has 27 heavy (non-hydrogen) atoms. The zero-order valence-corrected chi connectivity index (χ0v) is 15.8. The number of piperidine rings is 1. The molecule has 1 fully saturated rings. The summed E-state index contributed by atoms with van der Waals surface area (Å²) < 4.78 is 7.43. The van der Waals surface area contributed by atoms with Crippen molar-refractivity contribution in [2.24, 2.45) is 5.92 Å². The summed E-state index contributed by atoms with van der Waals surface area (Å²) in [6, 6.07) is 20.8. The standard InChI is InChI=1S/C23H26N2O2/c1-27-17-18-11-13-24(14-12-18)23(26)16-25-21-10-6-5-9-20(21)15-22(25)19-7-3-2-4-8-19/h2-10,15,18H,11-14,16-17H2,1H3. The number of benzene rings is 2. The molecule has 1 aromatic heterocycles. The van der Waals surface area contributed by atoms with Gasteiger partial charge in [-0.1, -0.05) is 48.5 Å². The Balaban J connectivity index is 1.59. The zero-order valence-electron chi connectivity index (χ0n) is 15.8. The summed E-state index contributed by atoms with van der Waals surface area (Å²) in [5.74, 6) is 0.774. The number of amides is 1. The summed E-state index contributed by atoms with van der Waals surface area (Å²) in [5.41, 5.74) is 3.35. The largest absolute Gasteiger partial charge is 0.384 e. The molecule has 1 aliphatic heterocycles. The van der Waals surface area contributed by atoms with Gasteiger partial charge in [-0.05, 0) is 36.5 Å². The predicted molar refractivity (Wildman–Crippen MR) is 109 cm³/mol. The first-order valence-electron chi connectivity index (χ1n) is 9.66. The number of fused-ring (bicyclic) bond motifs is 1. The number of likely N-dealkylation sites (tertiary alicyclic amines) is 1. The lowest BCUT2D eigenvalue weighted by molar-refractivity contribution is -0.133. The van der Waals surface area contributed by atoms with Gasteiger partial charge < -0.3 is 14.2 Å². The minimum absolute atomic E-state index is 0.199. The quantitative estimate of drug-likeness (QED) is 0.682. The van der Waals surface area contributed by atoms with Crippen LogP contribution >= 0.6 is 0 Å². The SMILES string of the molecule is COCC1CCN(C(=O)Cn2c(-c3ccccc3)cc3ccccc32)CC1. The molecule has 0 N–H and O–H groups in total. The van der Waals surface area contributed by atoms with Crippen LogP contribution in [0.1, 0.15) is 12.8 Å². The Morgan fingerprint density at radius 2 is 1.74 bits per heavy atom. The molecule has 0 spiro atoms. The van der Waals surface area contributed by atoms with Gasteiger partial charge in [0, 0.05) is 43.4 Å². The minimum atomic E-state index is 0.199. The molecule has 0 saturated carbocycles. The van der Waals surface area contributed by atoms with E-state index in [0.717, 1.165) is 49.3 Å². The van der Waals surface area contributed by atoms with Gasteiger partial charge in [-0.25, -0.2) is 0 Å². The van der Waals surface area contributed by atoms with E-state index in [1.165, 1.54) is 5.39 Å². The molecule has 0 unspecified atom stereocenters. The van der Waals surface area contributed by atoms with Crippen LogP contribution in [-0.4, -0.2) is 42.2 Å². The molecular formula is C23H26N2O2. The lowest BCUT2D eigenvalue weighted by Gasteiger charge is -2.32. The number of nitrogens with zero attached hydrogens (tertiary/aromatic N) is 2. The van der Waals surface area contributed by atoms with E-state index in [-0.39, 0.29) is 5.91 Å². The van der Waals surface area contributed by atoms with Gasteiger partial charge in [0.25, 0.3) is 0 Å². The molecule has 4 nitrogen and oxygen atoms in total. The number of hydrogen-bond acceptors (Lipinski definition) is 2. The van der Waals surface area contributed by atoms with E-state index in [4.69, 9.17) is 4.74 Å². The third-order valence-corrected chi connectivity index (χ3v) is 5.54. The van der Waals surface area contributed by atoms with Gasteiger partial charge >= 0.3 is 0 Å². The van der Waals surface area contributed by atoms with Crippen LogP contribution in [-0.2, 0) is 16.1 Å². The molecule has 0 bridgehead atoms. The van der Waals surface area contributed by atoms with Crippen molar-refractivity contribution in [3.05, 3.63) is 60.7 Å². The van der Waals surface area contributed by atoms with Crippen LogP contribution in [0.4, 0.5) is 0 Å². The number of ether oxygens (including phenoxy) is 1. The predicted octanol–water partition coefficient (Wildman–Crippen LogP) is 4.19. The third-order valence-electron chi connectivity index (χ3n) is 5.54. The Morgan fingerprint density at radius 3 is 2.48 bits per heavy atom. The van der Waals surface area contributed by atoms with Gasteiger partial charge in [0.15, 0.2) is 0 Å². The molecule has 3 aromatic rings. The smallest absolute Gasteiger partial charge is 0.242 e. The summed E-state index contributed by atoms with van der Waals surface area (Å²) in [7, 11) is 1.75. The van der Waals surface area contributed by atoms with E-state index >= 15 is 0 Å². The number of hydrogen-bond donors (Lipinski definition) is 0. The first kappa shape index (κ1) is 17.8.